The minimum atomic E-state index is -0.984. The number of nitrogens with zero attached hydrogens (tertiary/aromatic N) is 1. The Morgan fingerprint density at radius 1 is 1.62 bits per heavy atom. The molecule has 13 heavy (non-hydrogen) atoms. The second kappa shape index (κ2) is 3.58. The first-order valence-corrected chi connectivity index (χ1v) is 4.29. The van der Waals surface area contributed by atoms with Crippen LogP contribution in [-0.2, 0) is 0 Å². The van der Waals surface area contributed by atoms with Crippen molar-refractivity contribution in [1.29, 1.82) is 5.26 Å². The van der Waals surface area contributed by atoms with Crippen LogP contribution in [-0.4, -0.2) is 11.1 Å². The highest BCUT2D eigenvalue weighted by molar-refractivity contribution is 9.10. The van der Waals surface area contributed by atoms with Gasteiger partial charge in [-0.3, -0.25) is 0 Å². The molecule has 0 saturated heterocycles. The number of hydrogen-bond acceptors (Lipinski definition) is 2. The van der Waals surface area contributed by atoms with E-state index in [0.29, 0.717) is 15.6 Å². The summed E-state index contributed by atoms with van der Waals surface area (Å²) in [6.07, 6.45) is 0. The molecule has 0 aliphatic carbocycles. The highest BCUT2D eigenvalue weighted by Gasteiger charge is 2.10. The highest BCUT2D eigenvalue weighted by Crippen LogP contribution is 2.21. The average molecular weight is 240 g/mol. The molecule has 0 atom stereocenters. The van der Waals surface area contributed by atoms with Crippen LogP contribution < -0.4 is 0 Å². The van der Waals surface area contributed by atoms with Gasteiger partial charge < -0.3 is 5.11 Å². The molecule has 4 heteroatoms. The zero-order valence-corrected chi connectivity index (χ0v) is 8.42. The number of carboxylic acids is 1. The number of carbonyl (C=O) groups is 1. The third-order valence-corrected chi connectivity index (χ3v) is 2.32. The lowest BCUT2D eigenvalue weighted by molar-refractivity contribution is 0.0696. The lowest BCUT2D eigenvalue weighted by Gasteiger charge is -2.02. The van der Waals surface area contributed by atoms with E-state index in [1.54, 1.807) is 13.0 Å². The fourth-order valence-corrected chi connectivity index (χ4v) is 1.43. The first-order valence-electron chi connectivity index (χ1n) is 3.50. The third kappa shape index (κ3) is 1.87. The van der Waals surface area contributed by atoms with Gasteiger partial charge in [-0.1, -0.05) is 0 Å². The molecular formula is C9H6BrNO2. The summed E-state index contributed by atoms with van der Waals surface area (Å²) in [4.78, 5) is 10.7. The lowest BCUT2D eigenvalue weighted by atomic mass is 10.1. The molecule has 0 unspecified atom stereocenters. The van der Waals surface area contributed by atoms with Gasteiger partial charge in [0.2, 0.25) is 0 Å². The van der Waals surface area contributed by atoms with E-state index >= 15 is 0 Å². The maximum absolute atomic E-state index is 10.7. The normalized spacial score (nSPS) is 9.31. The van der Waals surface area contributed by atoms with Gasteiger partial charge in [0.1, 0.15) is 6.07 Å². The SMILES string of the molecule is Cc1cc(C#N)c(Br)cc1C(=O)O. The Hall–Kier alpha value is -1.34. The summed E-state index contributed by atoms with van der Waals surface area (Å²) in [5, 5.41) is 17.4. The summed E-state index contributed by atoms with van der Waals surface area (Å²) in [5.74, 6) is -0.984. The molecule has 1 N–H and O–H groups in total. The average Bonchev–Trinajstić information content (AvgIpc) is 2.07. The molecule has 0 aromatic heterocycles. The molecule has 0 heterocycles. The van der Waals surface area contributed by atoms with Crippen LogP contribution in [0.1, 0.15) is 21.5 Å². The van der Waals surface area contributed by atoms with E-state index in [0.717, 1.165) is 0 Å². The van der Waals surface area contributed by atoms with Crippen molar-refractivity contribution in [1.82, 2.24) is 0 Å². The topological polar surface area (TPSA) is 61.1 Å². The Morgan fingerprint density at radius 2 is 2.23 bits per heavy atom. The second-order valence-electron chi connectivity index (χ2n) is 2.56. The fourth-order valence-electron chi connectivity index (χ4n) is 0.998. The van der Waals surface area contributed by atoms with Crippen molar-refractivity contribution >= 4 is 21.9 Å². The molecule has 1 aromatic carbocycles. The molecular weight excluding hydrogens is 234 g/mol. The maximum atomic E-state index is 10.7. The number of aromatic carboxylic acids is 1. The van der Waals surface area contributed by atoms with E-state index < -0.39 is 5.97 Å². The van der Waals surface area contributed by atoms with Gasteiger partial charge in [-0.25, -0.2) is 4.79 Å². The standard InChI is InChI=1S/C9H6BrNO2/c1-5-2-6(4-11)8(10)3-7(5)9(12)13/h2-3H,1H3,(H,12,13). The van der Waals surface area contributed by atoms with E-state index in [1.165, 1.54) is 6.07 Å². The van der Waals surface area contributed by atoms with E-state index in [1.807, 2.05) is 6.07 Å². The number of carboxylic acid groups (broad SMARTS) is 1. The monoisotopic (exact) mass is 239 g/mol. The quantitative estimate of drug-likeness (QED) is 0.819. The van der Waals surface area contributed by atoms with Gasteiger partial charge in [-0.05, 0) is 40.5 Å². The van der Waals surface area contributed by atoms with Gasteiger partial charge in [-0.15, -0.1) is 0 Å². The molecule has 0 radical (unpaired) electrons. The first kappa shape index (κ1) is 9.75. The van der Waals surface area contributed by atoms with E-state index in [-0.39, 0.29) is 5.56 Å². The summed E-state index contributed by atoms with van der Waals surface area (Å²) in [6.45, 7) is 1.66. The van der Waals surface area contributed by atoms with Crippen LogP contribution in [0.5, 0.6) is 0 Å². The highest BCUT2D eigenvalue weighted by atomic mass is 79.9. The smallest absolute Gasteiger partial charge is 0.335 e. The molecule has 0 amide bonds. The number of rotatable bonds is 1. The molecule has 0 aliphatic heterocycles. The van der Waals surface area contributed by atoms with Crippen molar-refractivity contribution in [2.45, 2.75) is 6.92 Å². The minimum absolute atomic E-state index is 0.214. The Labute approximate surface area is 83.7 Å². The van der Waals surface area contributed by atoms with Crippen molar-refractivity contribution in [2.75, 3.05) is 0 Å². The molecule has 3 nitrogen and oxygen atoms in total. The molecule has 0 spiro atoms. The maximum Gasteiger partial charge on any atom is 0.335 e. The van der Waals surface area contributed by atoms with Gasteiger partial charge >= 0.3 is 5.97 Å². The summed E-state index contributed by atoms with van der Waals surface area (Å²) in [6, 6.07) is 4.95. The molecule has 0 aliphatic rings. The second-order valence-corrected chi connectivity index (χ2v) is 3.42. The number of halogens is 1. The number of hydrogen-bond donors (Lipinski definition) is 1. The van der Waals surface area contributed by atoms with Gasteiger partial charge in [-0.2, -0.15) is 5.26 Å². The predicted molar refractivity (Wildman–Crippen MR) is 50.6 cm³/mol. The van der Waals surface area contributed by atoms with Crippen LogP contribution in [0.3, 0.4) is 0 Å². The Kier molecular flexibility index (Phi) is 2.69. The largest absolute Gasteiger partial charge is 0.478 e. The van der Waals surface area contributed by atoms with Crippen molar-refractivity contribution in [3.63, 3.8) is 0 Å². The zero-order chi connectivity index (χ0) is 10.0. The van der Waals surface area contributed by atoms with Crippen LogP contribution in [0.25, 0.3) is 0 Å². The van der Waals surface area contributed by atoms with Crippen LogP contribution in [0.4, 0.5) is 0 Å². The Bertz CT molecular complexity index is 407. The summed E-state index contributed by atoms with van der Waals surface area (Å²) >= 11 is 3.12. The van der Waals surface area contributed by atoms with E-state index in [9.17, 15) is 4.79 Å². The van der Waals surface area contributed by atoms with Crippen molar-refractivity contribution < 1.29 is 9.90 Å². The fraction of sp³-hybridized carbons (Fsp3) is 0.111. The summed E-state index contributed by atoms with van der Waals surface area (Å²) in [7, 11) is 0. The van der Waals surface area contributed by atoms with Crippen LogP contribution in [0.15, 0.2) is 16.6 Å². The number of benzene rings is 1. The van der Waals surface area contributed by atoms with Crippen LogP contribution in [0.2, 0.25) is 0 Å². The molecule has 0 bridgehead atoms. The van der Waals surface area contributed by atoms with Gasteiger partial charge in [0.25, 0.3) is 0 Å². The Morgan fingerprint density at radius 3 is 2.69 bits per heavy atom. The molecule has 1 rings (SSSR count). The minimum Gasteiger partial charge on any atom is -0.478 e. The van der Waals surface area contributed by atoms with E-state index in [2.05, 4.69) is 15.9 Å². The van der Waals surface area contributed by atoms with Gasteiger partial charge in [0.05, 0.1) is 11.1 Å². The van der Waals surface area contributed by atoms with Crippen LogP contribution in [0, 0.1) is 18.3 Å². The van der Waals surface area contributed by atoms with Crippen LogP contribution >= 0.6 is 15.9 Å². The zero-order valence-electron chi connectivity index (χ0n) is 6.84. The number of aryl methyl sites for hydroxylation is 1. The molecule has 0 saturated carbocycles. The predicted octanol–water partition coefficient (Wildman–Crippen LogP) is 2.33. The molecule has 1 aromatic rings. The summed E-state index contributed by atoms with van der Waals surface area (Å²) < 4.78 is 0.512. The van der Waals surface area contributed by atoms with E-state index in [4.69, 9.17) is 10.4 Å². The van der Waals surface area contributed by atoms with Gasteiger partial charge in [0.15, 0.2) is 0 Å². The van der Waals surface area contributed by atoms with Crippen molar-refractivity contribution in [3.8, 4) is 6.07 Å². The Balaban J connectivity index is 3.39. The third-order valence-electron chi connectivity index (χ3n) is 1.66. The molecule has 66 valence electrons. The van der Waals surface area contributed by atoms with Crippen molar-refractivity contribution in [3.05, 3.63) is 33.3 Å². The molecule has 0 fully saturated rings. The van der Waals surface area contributed by atoms with Crippen molar-refractivity contribution in [2.24, 2.45) is 0 Å². The summed E-state index contributed by atoms with van der Waals surface area (Å²) in [5.41, 5.74) is 1.25. The first-order chi connectivity index (χ1) is 6.06. The van der Waals surface area contributed by atoms with Gasteiger partial charge in [0, 0.05) is 4.47 Å². The lowest BCUT2D eigenvalue weighted by Crippen LogP contribution is -2.00. The number of nitriles is 1.